The molecule has 0 aliphatic heterocycles. The SMILES string of the molecule is CCCc1noc(-c2ccccc2CCNC)n1. The van der Waals surface area contributed by atoms with E-state index in [0.717, 1.165) is 37.2 Å². The fraction of sp³-hybridized carbons (Fsp3) is 0.429. The van der Waals surface area contributed by atoms with Gasteiger partial charge in [-0.3, -0.25) is 0 Å². The maximum Gasteiger partial charge on any atom is 0.258 e. The van der Waals surface area contributed by atoms with Gasteiger partial charge in [-0.2, -0.15) is 4.98 Å². The second-order valence-electron chi connectivity index (χ2n) is 4.28. The van der Waals surface area contributed by atoms with E-state index >= 15 is 0 Å². The molecule has 0 spiro atoms. The summed E-state index contributed by atoms with van der Waals surface area (Å²) in [5.74, 6) is 1.42. The highest BCUT2D eigenvalue weighted by atomic mass is 16.5. The van der Waals surface area contributed by atoms with E-state index in [1.807, 2.05) is 25.2 Å². The lowest BCUT2D eigenvalue weighted by atomic mass is 10.0. The average molecular weight is 245 g/mol. The van der Waals surface area contributed by atoms with Gasteiger partial charge in [-0.25, -0.2) is 0 Å². The van der Waals surface area contributed by atoms with Crippen LogP contribution < -0.4 is 5.32 Å². The minimum Gasteiger partial charge on any atom is -0.334 e. The first-order valence-electron chi connectivity index (χ1n) is 6.40. The fourth-order valence-electron chi connectivity index (χ4n) is 1.90. The third-order valence-corrected chi connectivity index (χ3v) is 2.83. The first kappa shape index (κ1) is 12.8. The number of aromatic nitrogens is 2. The predicted molar refractivity (Wildman–Crippen MR) is 71.4 cm³/mol. The average Bonchev–Trinajstić information content (AvgIpc) is 2.86. The summed E-state index contributed by atoms with van der Waals surface area (Å²) in [4.78, 5) is 4.44. The number of nitrogens with zero attached hydrogens (tertiary/aromatic N) is 2. The van der Waals surface area contributed by atoms with E-state index in [4.69, 9.17) is 4.52 Å². The Balaban J connectivity index is 2.25. The van der Waals surface area contributed by atoms with Crippen LogP contribution in [-0.4, -0.2) is 23.7 Å². The Hall–Kier alpha value is -1.68. The quantitative estimate of drug-likeness (QED) is 0.849. The van der Waals surface area contributed by atoms with Crippen LogP contribution in [0, 0.1) is 0 Å². The van der Waals surface area contributed by atoms with E-state index < -0.39 is 0 Å². The van der Waals surface area contributed by atoms with Crippen molar-refractivity contribution in [3.05, 3.63) is 35.7 Å². The third kappa shape index (κ3) is 2.96. The lowest BCUT2D eigenvalue weighted by Gasteiger charge is -2.05. The molecule has 18 heavy (non-hydrogen) atoms. The largest absolute Gasteiger partial charge is 0.334 e. The van der Waals surface area contributed by atoms with Gasteiger partial charge in [0.2, 0.25) is 0 Å². The number of hydrogen-bond donors (Lipinski definition) is 1. The van der Waals surface area contributed by atoms with Crippen molar-refractivity contribution in [3.8, 4) is 11.5 Å². The van der Waals surface area contributed by atoms with Crippen molar-refractivity contribution in [2.24, 2.45) is 0 Å². The Labute approximate surface area is 107 Å². The van der Waals surface area contributed by atoms with E-state index in [0.29, 0.717) is 5.89 Å². The van der Waals surface area contributed by atoms with E-state index in [1.165, 1.54) is 5.56 Å². The van der Waals surface area contributed by atoms with Crippen molar-refractivity contribution in [2.45, 2.75) is 26.2 Å². The highest BCUT2D eigenvalue weighted by Crippen LogP contribution is 2.22. The Morgan fingerprint density at radius 2 is 2.06 bits per heavy atom. The standard InChI is InChI=1S/C14H19N3O/c1-3-6-13-16-14(18-17-13)12-8-5-4-7-11(12)9-10-15-2/h4-5,7-8,15H,3,6,9-10H2,1-2H3. The van der Waals surface area contributed by atoms with Gasteiger partial charge in [-0.15, -0.1) is 0 Å². The molecule has 1 heterocycles. The third-order valence-electron chi connectivity index (χ3n) is 2.83. The molecule has 0 aliphatic rings. The summed E-state index contributed by atoms with van der Waals surface area (Å²) in [5.41, 5.74) is 2.28. The number of benzene rings is 1. The number of likely N-dealkylation sites (N-methyl/N-ethyl adjacent to an activating group) is 1. The monoisotopic (exact) mass is 245 g/mol. The van der Waals surface area contributed by atoms with Gasteiger partial charge in [-0.05, 0) is 38.1 Å². The molecule has 0 saturated heterocycles. The molecule has 0 fully saturated rings. The van der Waals surface area contributed by atoms with Gasteiger partial charge in [0.15, 0.2) is 5.82 Å². The molecule has 0 unspecified atom stereocenters. The molecule has 96 valence electrons. The molecular formula is C14H19N3O. The Kier molecular flexibility index (Phi) is 4.47. The second-order valence-corrected chi connectivity index (χ2v) is 4.28. The summed E-state index contributed by atoms with van der Waals surface area (Å²) in [6.07, 6.45) is 2.85. The molecule has 0 bridgehead atoms. The summed E-state index contributed by atoms with van der Waals surface area (Å²) < 4.78 is 5.34. The molecule has 2 rings (SSSR count). The van der Waals surface area contributed by atoms with Crippen molar-refractivity contribution in [1.82, 2.24) is 15.5 Å². The van der Waals surface area contributed by atoms with Crippen LogP contribution in [-0.2, 0) is 12.8 Å². The highest BCUT2D eigenvalue weighted by Gasteiger charge is 2.11. The minimum atomic E-state index is 0.630. The molecule has 0 radical (unpaired) electrons. The van der Waals surface area contributed by atoms with Crippen LogP contribution in [0.5, 0.6) is 0 Å². The molecule has 4 heteroatoms. The molecule has 1 aromatic carbocycles. The van der Waals surface area contributed by atoms with Crippen LogP contribution in [0.2, 0.25) is 0 Å². The fourth-order valence-corrected chi connectivity index (χ4v) is 1.90. The zero-order chi connectivity index (χ0) is 12.8. The molecule has 0 aliphatic carbocycles. The Bertz CT molecular complexity index is 493. The smallest absolute Gasteiger partial charge is 0.258 e. The van der Waals surface area contributed by atoms with Crippen LogP contribution in [0.15, 0.2) is 28.8 Å². The lowest BCUT2D eigenvalue weighted by Crippen LogP contribution is -2.10. The first-order chi connectivity index (χ1) is 8.85. The molecule has 0 amide bonds. The van der Waals surface area contributed by atoms with Gasteiger partial charge in [-0.1, -0.05) is 30.3 Å². The molecule has 1 N–H and O–H groups in total. The summed E-state index contributed by atoms with van der Waals surface area (Å²) >= 11 is 0. The van der Waals surface area contributed by atoms with Crippen LogP contribution in [0.4, 0.5) is 0 Å². The number of nitrogens with one attached hydrogen (secondary N) is 1. The van der Waals surface area contributed by atoms with Crippen LogP contribution in [0.1, 0.15) is 24.7 Å². The number of hydrogen-bond acceptors (Lipinski definition) is 4. The van der Waals surface area contributed by atoms with Crippen molar-refractivity contribution in [3.63, 3.8) is 0 Å². The molecule has 0 saturated carbocycles. The van der Waals surface area contributed by atoms with E-state index in [-0.39, 0.29) is 0 Å². The Morgan fingerprint density at radius 3 is 2.83 bits per heavy atom. The van der Waals surface area contributed by atoms with Gasteiger partial charge >= 0.3 is 0 Å². The van der Waals surface area contributed by atoms with Crippen LogP contribution in [0.3, 0.4) is 0 Å². The van der Waals surface area contributed by atoms with Gasteiger partial charge in [0.25, 0.3) is 5.89 Å². The topological polar surface area (TPSA) is 51.0 Å². The predicted octanol–water partition coefficient (Wildman–Crippen LogP) is 2.45. The molecule has 1 aromatic heterocycles. The normalized spacial score (nSPS) is 10.8. The first-order valence-corrected chi connectivity index (χ1v) is 6.40. The van der Waals surface area contributed by atoms with Gasteiger partial charge in [0, 0.05) is 12.0 Å². The van der Waals surface area contributed by atoms with Crippen molar-refractivity contribution >= 4 is 0 Å². The molecule has 0 atom stereocenters. The van der Waals surface area contributed by atoms with E-state index in [1.54, 1.807) is 0 Å². The summed E-state index contributed by atoms with van der Waals surface area (Å²) in [7, 11) is 1.95. The highest BCUT2D eigenvalue weighted by molar-refractivity contribution is 5.58. The summed E-state index contributed by atoms with van der Waals surface area (Å²) in [6.45, 7) is 3.05. The van der Waals surface area contributed by atoms with Crippen molar-refractivity contribution in [1.29, 1.82) is 0 Å². The van der Waals surface area contributed by atoms with Gasteiger partial charge in [0.05, 0.1) is 0 Å². The molecule has 2 aromatic rings. The zero-order valence-corrected chi connectivity index (χ0v) is 10.9. The van der Waals surface area contributed by atoms with Crippen LogP contribution in [0.25, 0.3) is 11.5 Å². The van der Waals surface area contributed by atoms with Crippen molar-refractivity contribution in [2.75, 3.05) is 13.6 Å². The maximum atomic E-state index is 5.34. The van der Waals surface area contributed by atoms with Gasteiger partial charge in [0.1, 0.15) is 0 Å². The maximum absolute atomic E-state index is 5.34. The summed E-state index contributed by atoms with van der Waals surface area (Å²) in [6, 6.07) is 8.18. The Morgan fingerprint density at radius 1 is 1.22 bits per heavy atom. The second kappa shape index (κ2) is 6.31. The molecular weight excluding hydrogens is 226 g/mol. The minimum absolute atomic E-state index is 0.630. The number of aryl methyl sites for hydroxylation is 1. The van der Waals surface area contributed by atoms with Gasteiger partial charge < -0.3 is 9.84 Å². The number of rotatable bonds is 6. The van der Waals surface area contributed by atoms with E-state index in [9.17, 15) is 0 Å². The molecule has 4 nitrogen and oxygen atoms in total. The van der Waals surface area contributed by atoms with Crippen molar-refractivity contribution < 1.29 is 4.52 Å². The lowest BCUT2D eigenvalue weighted by molar-refractivity contribution is 0.421. The van der Waals surface area contributed by atoms with E-state index in [2.05, 4.69) is 28.4 Å². The zero-order valence-electron chi connectivity index (χ0n) is 10.9. The van der Waals surface area contributed by atoms with Crippen LogP contribution >= 0.6 is 0 Å². The summed E-state index contributed by atoms with van der Waals surface area (Å²) in [5, 5.41) is 7.16.